The van der Waals surface area contributed by atoms with Gasteiger partial charge in [-0.1, -0.05) is 54.6 Å². The minimum atomic E-state index is -3.84. The Morgan fingerprint density at radius 1 is 0.931 bits per heavy atom. The fourth-order valence-corrected chi connectivity index (χ4v) is 5.13. The monoisotopic (exact) mass is 408 g/mol. The van der Waals surface area contributed by atoms with E-state index in [2.05, 4.69) is 5.32 Å². The van der Waals surface area contributed by atoms with E-state index >= 15 is 0 Å². The Hall–Kier alpha value is -3.32. The number of methoxy groups -OCH3 is 1. The number of rotatable bonds is 5. The summed E-state index contributed by atoms with van der Waals surface area (Å²) >= 11 is 0. The maximum atomic E-state index is 13.2. The maximum Gasteiger partial charge on any atom is 0.265 e. The average Bonchev–Trinajstić information content (AvgIpc) is 2.75. The van der Waals surface area contributed by atoms with Crippen molar-refractivity contribution in [2.45, 2.75) is 11.4 Å². The highest BCUT2D eigenvalue weighted by Gasteiger charge is 2.35. The molecular weight excluding hydrogens is 388 g/mol. The smallest absolute Gasteiger partial charge is 0.265 e. The number of nitrogens with zero attached hydrogens (tertiary/aromatic N) is 1. The molecule has 0 spiro atoms. The molecule has 1 heterocycles. The van der Waals surface area contributed by atoms with Crippen LogP contribution >= 0.6 is 0 Å². The topological polar surface area (TPSA) is 75.7 Å². The van der Waals surface area contributed by atoms with Gasteiger partial charge in [0.1, 0.15) is 12.3 Å². The lowest BCUT2D eigenvalue weighted by Crippen LogP contribution is -2.42. The second-order valence-corrected chi connectivity index (χ2v) is 8.44. The molecule has 0 bridgehead atoms. The van der Waals surface area contributed by atoms with Crippen LogP contribution in [0.1, 0.15) is 5.56 Å². The van der Waals surface area contributed by atoms with Gasteiger partial charge in [-0.2, -0.15) is 0 Å². The molecule has 1 amide bonds. The van der Waals surface area contributed by atoms with Crippen LogP contribution < -0.4 is 14.4 Å². The molecule has 1 aliphatic rings. The van der Waals surface area contributed by atoms with Crippen molar-refractivity contribution < 1.29 is 17.9 Å². The highest BCUT2D eigenvalue weighted by atomic mass is 32.2. The summed E-state index contributed by atoms with van der Waals surface area (Å²) in [4.78, 5) is 12.8. The van der Waals surface area contributed by atoms with Crippen LogP contribution in [0.4, 0.5) is 5.69 Å². The zero-order valence-corrected chi connectivity index (χ0v) is 16.6. The van der Waals surface area contributed by atoms with E-state index in [1.807, 2.05) is 36.4 Å². The number of ether oxygens (including phenoxy) is 1. The third-order valence-corrected chi connectivity index (χ3v) is 6.69. The molecule has 148 valence electrons. The van der Waals surface area contributed by atoms with E-state index in [0.29, 0.717) is 17.0 Å². The van der Waals surface area contributed by atoms with E-state index < -0.39 is 15.9 Å². The number of fused-ring (bicyclic) bond motifs is 3. The standard InChI is InChI=1S/C22H20N2O4S/c1-28-20-12-6-2-8-16(20)14-23-22(25)15-24-19-11-5-3-9-17(19)18-10-4-7-13-21(18)29(24,26)27/h2-13H,14-15H2,1H3,(H,23,25). The second kappa shape index (κ2) is 7.60. The lowest BCUT2D eigenvalue weighted by Gasteiger charge is -2.31. The molecule has 0 fully saturated rings. The van der Waals surface area contributed by atoms with Crippen molar-refractivity contribution in [2.75, 3.05) is 18.0 Å². The molecule has 0 saturated carbocycles. The molecule has 0 radical (unpaired) electrons. The highest BCUT2D eigenvalue weighted by molar-refractivity contribution is 7.93. The van der Waals surface area contributed by atoms with Gasteiger partial charge in [-0.25, -0.2) is 8.42 Å². The number of carbonyl (C=O) groups excluding carboxylic acids is 1. The molecule has 6 nitrogen and oxygen atoms in total. The number of nitrogens with one attached hydrogen (secondary N) is 1. The van der Waals surface area contributed by atoms with E-state index in [0.717, 1.165) is 11.1 Å². The van der Waals surface area contributed by atoms with Gasteiger partial charge in [-0.3, -0.25) is 9.10 Å². The number of sulfonamides is 1. The molecule has 29 heavy (non-hydrogen) atoms. The first-order valence-electron chi connectivity index (χ1n) is 9.12. The van der Waals surface area contributed by atoms with Crippen molar-refractivity contribution in [1.82, 2.24) is 5.32 Å². The van der Waals surface area contributed by atoms with Crippen molar-refractivity contribution in [3.05, 3.63) is 78.4 Å². The molecule has 3 aromatic rings. The molecule has 1 aliphatic heterocycles. The maximum absolute atomic E-state index is 13.2. The summed E-state index contributed by atoms with van der Waals surface area (Å²) in [6, 6.07) is 21.4. The van der Waals surface area contributed by atoms with Crippen LogP contribution in [0.5, 0.6) is 5.75 Å². The Labute approximate surface area is 169 Å². The predicted octanol–water partition coefficient (Wildman–Crippen LogP) is 3.19. The van der Waals surface area contributed by atoms with E-state index in [1.54, 1.807) is 43.5 Å². The second-order valence-electron chi connectivity index (χ2n) is 6.61. The molecule has 0 unspecified atom stereocenters. The summed E-state index contributed by atoms with van der Waals surface area (Å²) in [5, 5.41) is 2.79. The van der Waals surface area contributed by atoms with Gasteiger partial charge in [0, 0.05) is 23.2 Å². The van der Waals surface area contributed by atoms with Crippen molar-refractivity contribution in [2.24, 2.45) is 0 Å². The van der Waals surface area contributed by atoms with Crippen LogP contribution in [0.3, 0.4) is 0 Å². The summed E-state index contributed by atoms with van der Waals surface area (Å²) in [6.45, 7) is -0.0577. The van der Waals surface area contributed by atoms with Crippen LogP contribution in [0, 0.1) is 0 Å². The highest BCUT2D eigenvalue weighted by Crippen LogP contribution is 2.42. The average molecular weight is 408 g/mol. The fraction of sp³-hybridized carbons (Fsp3) is 0.136. The van der Waals surface area contributed by atoms with Gasteiger partial charge in [0.15, 0.2) is 0 Å². The largest absolute Gasteiger partial charge is 0.496 e. The van der Waals surface area contributed by atoms with Crippen molar-refractivity contribution >= 4 is 21.6 Å². The van der Waals surface area contributed by atoms with Gasteiger partial charge < -0.3 is 10.1 Å². The summed E-state index contributed by atoms with van der Waals surface area (Å²) in [6.07, 6.45) is 0. The summed E-state index contributed by atoms with van der Waals surface area (Å²) < 4.78 is 32.9. The molecular formula is C22H20N2O4S. The zero-order chi connectivity index (χ0) is 20.4. The first-order valence-corrected chi connectivity index (χ1v) is 10.6. The van der Waals surface area contributed by atoms with Gasteiger partial charge in [0.2, 0.25) is 5.91 Å². The summed E-state index contributed by atoms with van der Waals surface area (Å²) in [7, 11) is -2.27. The first kappa shape index (κ1) is 19.0. The van der Waals surface area contributed by atoms with Gasteiger partial charge in [-0.15, -0.1) is 0 Å². The van der Waals surface area contributed by atoms with Gasteiger partial charge >= 0.3 is 0 Å². The predicted molar refractivity (Wildman–Crippen MR) is 111 cm³/mol. The van der Waals surface area contributed by atoms with Crippen LogP contribution in [-0.2, 0) is 21.4 Å². The summed E-state index contributed by atoms with van der Waals surface area (Å²) in [5.74, 6) is 0.270. The number of hydrogen-bond acceptors (Lipinski definition) is 4. The van der Waals surface area contributed by atoms with E-state index in [-0.39, 0.29) is 18.0 Å². The number of para-hydroxylation sites is 2. The van der Waals surface area contributed by atoms with Crippen LogP contribution in [0.2, 0.25) is 0 Å². The van der Waals surface area contributed by atoms with Crippen LogP contribution in [0.15, 0.2) is 77.7 Å². The van der Waals surface area contributed by atoms with Crippen molar-refractivity contribution in [1.29, 1.82) is 0 Å². The number of anilines is 1. The third kappa shape index (κ3) is 3.45. The number of benzene rings is 3. The Balaban J connectivity index is 1.61. The molecule has 4 rings (SSSR count). The normalized spacial score (nSPS) is 13.9. The van der Waals surface area contributed by atoms with E-state index in [9.17, 15) is 13.2 Å². The molecule has 0 aliphatic carbocycles. The fourth-order valence-electron chi connectivity index (χ4n) is 3.48. The zero-order valence-electron chi connectivity index (χ0n) is 15.8. The Kier molecular flexibility index (Phi) is 4.98. The third-order valence-electron chi connectivity index (χ3n) is 4.87. The minimum absolute atomic E-state index is 0.205. The van der Waals surface area contributed by atoms with E-state index in [4.69, 9.17) is 4.74 Å². The van der Waals surface area contributed by atoms with E-state index in [1.165, 1.54) is 4.31 Å². The molecule has 0 aromatic heterocycles. The molecule has 3 aromatic carbocycles. The lowest BCUT2D eigenvalue weighted by molar-refractivity contribution is -0.119. The Morgan fingerprint density at radius 3 is 2.38 bits per heavy atom. The number of carbonyl (C=O) groups is 1. The Morgan fingerprint density at radius 2 is 1.59 bits per heavy atom. The molecule has 7 heteroatoms. The lowest BCUT2D eigenvalue weighted by atomic mass is 10.0. The van der Waals surface area contributed by atoms with Crippen molar-refractivity contribution in [3.8, 4) is 16.9 Å². The quantitative estimate of drug-likeness (QED) is 0.704. The summed E-state index contributed by atoms with van der Waals surface area (Å²) in [5.41, 5.74) is 2.75. The number of hydrogen-bond donors (Lipinski definition) is 1. The molecule has 0 atom stereocenters. The van der Waals surface area contributed by atoms with Crippen LogP contribution in [-0.4, -0.2) is 28.0 Å². The van der Waals surface area contributed by atoms with Crippen LogP contribution in [0.25, 0.3) is 11.1 Å². The van der Waals surface area contributed by atoms with Crippen molar-refractivity contribution in [3.63, 3.8) is 0 Å². The molecule has 1 N–H and O–H groups in total. The minimum Gasteiger partial charge on any atom is -0.496 e. The van der Waals surface area contributed by atoms with Gasteiger partial charge in [0.05, 0.1) is 17.7 Å². The number of amides is 1. The molecule has 0 saturated heterocycles. The van der Waals surface area contributed by atoms with Gasteiger partial charge in [0.25, 0.3) is 10.0 Å². The van der Waals surface area contributed by atoms with Gasteiger partial charge in [-0.05, 0) is 18.2 Å². The first-order chi connectivity index (χ1) is 14.0. The Bertz CT molecular complexity index is 1170. The SMILES string of the molecule is COc1ccccc1CNC(=O)CN1c2ccccc2-c2ccccc2S1(=O)=O.